The minimum absolute atomic E-state index is 0.0380. The Labute approximate surface area is 135 Å². The zero-order chi connectivity index (χ0) is 16.4. The second kappa shape index (κ2) is 6.29. The molecule has 0 unspecified atom stereocenters. The van der Waals surface area contributed by atoms with Gasteiger partial charge in [0.2, 0.25) is 10.0 Å². The van der Waals surface area contributed by atoms with Crippen LogP contribution in [-0.2, 0) is 10.0 Å². The Balaban J connectivity index is 1.81. The van der Waals surface area contributed by atoms with E-state index in [1.807, 2.05) is 13.8 Å². The SMILES string of the molecule is CCOc1ccc(S(=O)(=O)N2CC[C@H](n3ccnn3)C2)cc1C. The largest absolute Gasteiger partial charge is 0.494 e. The molecule has 124 valence electrons. The predicted octanol–water partition coefficient (Wildman–Crippen LogP) is 1.62. The molecule has 1 atom stereocenters. The maximum atomic E-state index is 12.8. The van der Waals surface area contributed by atoms with Gasteiger partial charge in [-0.15, -0.1) is 5.10 Å². The molecule has 1 aromatic heterocycles. The summed E-state index contributed by atoms with van der Waals surface area (Å²) < 4.78 is 34.3. The number of nitrogens with zero attached hydrogens (tertiary/aromatic N) is 4. The minimum Gasteiger partial charge on any atom is -0.494 e. The van der Waals surface area contributed by atoms with E-state index in [-0.39, 0.29) is 6.04 Å². The standard InChI is InChI=1S/C15H20N4O3S/c1-3-22-15-5-4-14(10-12(15)2)23(20,21)18-8-6-13(11-18)19-9-7-16-17-19/h4-5,7,9-10,13H,3,6,8,11H2,1-2H3/t13-/m0/s1. The number of aryl methyl sites for hydroxylation is 1. The quantitative estimate of drug-likeness (QED) is 0.829. The zero-order valence-electron chi connectivity index (χ0n) is 13.2. The fraction of sp³-hybridized carbons (Fsp3) is 0.467. The van der Waals surface area contributed by atoms with Crippen LogP contribution in [0.5, 0.6) is 5.75 Å². The first kappa shape index (κ1) is 15.9. The molecule has 7 nitrogen and oxygen atoms in total. The van der Waals surface area contributed by atoms with Crippen LogP contribution in [0.4, 0.5) is 0 Å². The molecular formula is C15H20N4O3S. The van der Waals surface area contributed by atoms with Gasteiger partial charge in [0.05, 0.1) is 23.7 Å². The predicted molar refractivity (Wildman–Crippen MR) is 84.8 cm³/mol. The highest BCUT2D eigenvalue weighted by atomic mass is 32.2. The van der Waals surface area contributed by atoms with Crippen molar-refractivity contribution in [2.45, 2.75) is 31.2 Å². The summed E-state index contributed by atoms with van der Waals surface area (Å²) in [4.78, 5) is 0.303. The Morgan fingerprint density at radius 3 is 2.87 bits per heavy atom. The van der Waals surface area contributed by atoms with E-state index >= 15 is 0 Å². The number of ether oxygens (including phenoxy) is 1. The van der Waals surface area contributed by atoms with E-state index in [2.05, 4.69) is 10.3 Å². The number of rotatable bonds is 5. The molecule has 0 saturated carbocycles. The number of sulfonamides is 1. The first-order valence-corrected chi connectivity index (χ1v) is 9.05. The maximum Gasteiger partial charge on any atom is 0.243 e. The summed E-state index contributed by atoms with van der Waals surface area (Å²) in [5, 5.41) is 7.74. The van der Waals surface area contributed by atoms with Crippen LogP contribution >= 0.6 is 0 Å². The Kier molecular flexibility index (Phi) is 4.36. The number of benzene rings is 1. The van der Waals surface area contributed by atoms with Gasteiger partial charge in [0, 0.05) is 19.3 Å². The van der Waals surface area contributed by atoms with Crippen LogP contribution in [-0.4, -0.2) is 47.4 Å². The molecule has 0 radical (unpaired) electrons. The lowest BCUT2D eigenvalue weighted by molar-refractivity contribution is 0.337. The summed E-state index contributed by atoms with van der Waals surface area (Å²) in [7, 11) is -3.50. The molecule has 1 aliphatic rings. The van der Waals surface area contributed by atoms with Gasteiger partial charge >= 0.3 is 0 Å². The fourth-order valence-electron chi connectivity index (χ4n) is 2.81. The molecule has 23 heavy (non-hydrogen) atoms. The minimum atomic E-state index is -3.50. The molecule has 0 N–H and O–H groups in total. The normalized spacial score (nSPS) is 19.1. The van der Waals surface area contributed by atoms with E-state index in [4.69, 9.17) is 4.74 Å². The molecule has 0 aliphatic carbocycles. The lowest BCUT2D eigenvalue weighted by Crippen LogP contribution is -2.29. The third-order valence-electron chi connectivity index (χ3n) is 4.03. The van der Waals surface area contributed by atoms with Gasteiger partial charge in [-0.1, -0.05) is 5.21 Å². The van der Waals surface area contributed by atoms with Crippen molar-refractivity contribution in [2.75, 3.05) is 19.7 Å². The van der Waals surface area contributed by atoms with E-state index < -0.39 is 10.0 Å². The zero-order valence-corrected chi connectivity index (χ0v) is 14.0. The third kappa shape index (κ3) is 3.09. The van der Waals surface area contributed by atoms with Crippen molar-refractivity contribution < 1.29 is 13.2 Å². The molecule has 2 aromatic rings. The van der Waals surface area contributed by atoms with Crippen LogP contribution in [0, 0.1) is 6.92 Å². The van der Waals surface area contributed by atoms with Gasteiger partial charge in [-0.05, 0) is 44.0 Å². The van der Waals surface area contributed by atoms with Gasteiger partial charge in [0.1, 0.15) is 5.75 Å². The summed E-state index contributed by atoms with van der Waals surface area (Å²) in [5.74, 6) is 0.716. The smallest absolute Gasteiger partial charge is 0.243 e. The van der Waals surface area contributed by atoms with Crippen molar-refractivity contribution in [1.82, 2.24) is 19.3 Å². The lowest BCUT2D eigenvalue weighted by atomic mass is 10.2. The summed E-state index contributed by atoms with van der Waals surface area (Å²) >= 11 is 0. The molecule has 1 aromatic carbocycles. The summed E-state index contributed by atoms with van der Waals surface area (Å²) in [6.45, 7) is 5.21. The number of hydrogen-bond acceptors (Lipinski definition) is 5. The van der Waals surface area contributed by atoms with Crippen molar-refractivity contribution in [2.24, 2.45) is 0 Å². The Hall–Kier alpha value is -1.93. The van der Waals surface area contributed by atoms with E-state index in [9.17, 15) is 8.42 Å². The molecular weight excluding hydrogens is 316 g/mol. The van der Waals surface area contributed by atoms with E-state index in [1.54, 1.807) is 35.3 Å². The highest BCUT2D eigenvalue weighted by Crippen LogP contribution is 2.29. The van der Waals surface area contributed by atoms with Crippen molar-refractivity contribution in [3.05, 3.63) is 36.2 Å². The molecule has 3 rings (SSSR count). The van der Waals surface area contributed by atoms with Gasteiger partial charge in [0.15, 0.2) is 0 Å². The van der Waals surface area contributed by atoms with Gasteiger partial charge in [-0.2, -0.15) is 4.31 Å². The van der Waals surface area contributed by atoms with Gasteiger partial charge in [-0.3, -0.25) is 0 Å². The fourth-order valence-corrected chi connectivity index (χ4v) is 4.38. The van der Waals surface area contributed by atoms with Crippen molar-refractivity contribution in [3.8, 4) is 5.75 Å². The highest BCUT2D eigenvalue weighted by Gasteiger charge is 2.33. The Morgan fingerprint density at radius 1 is 1.39 bits per heavy atom. The first-order valence-electron chi connectivity index (χ1n) is 7.61. The van der Waals surface area contributed by atoms with Crippen LogP contribution in [0.25, 0.3) is 0 Å². The summed E-state index contributed by atoms with van der Waals surface area (Å²) in [6, 6.07) is 5.03. The van der Waals surface area contributed by atoms with E-state index in [0.29, 0.717) is 30.3 Å². The molecule has 1 aliphatic heterocycles. The topological polar surface area (TPSA) is 77.3 Å². The molecule has 8 heteroatoms. The van der Waals surface area contributed by atoms with Crippen LogP contribution in [0.1, 0.15) is 24.9 Å². The van der Waals surface area contributed by atoms with Gasteiger partial charge in [0.25, 0.3) is 0 Å². The third-order valence-corrected chi connectivity index (χ3v) is 5.89. The van der Waals surface area contributed by atoms with Crippen LogP contribution in [0.3, 0.4) is 0 Å². The van der Waals surface area contributed by atoms with E-state index in [1.165, 1.54) is 4.31 Å². The molecule has 0 spiro atoms. The average molecular weight is 336 g/mol. The second-order valence-corrected chi connectivity index (χ2v) is 7.49. The highest BCUT2D eigenvalue weighted by molar-refractivity contribution is 7.89. The monoisotopic (exact) mass is 336 g/mol. The van der Waals surface area contributed by atoms with Crippen LogP contribution < -0.4 is 4.74 Å². The van der Waals surface area contributed by atoms with Crippen molar-refractivity contribution in [3.63, 3.8) is 0 Å². The van der Waals surface area contributed by atoms with Gasteiger partial charge < -0.3 is 4.74 Å². The molecule has 0 amide bonds. The number of hydrogen-bond donors (Lipinski definition) is 0. The number of aromatic nitrogens is 3. The summed E-state index contributed by atoms with van der Waals surface area (Å²) in [5.41, 5.74) is 0.819. The summed E-state index contributed by atoms with van der Waals surface area (Å²) in [6.07, 6.45) is 4.10. The average Bonchev–Trinajstić information content (AvgIpc) is 3.20. The molecule has 2 heterocycles. The lowest BCUT2D eigenvalue weighted by Gasteiger charge is -2.17. The van der Waals surface area contributed by atoms with Crippen LogP contribution in [0.2, 0.25) is 0 Å². The van der Waals surface area contributed by atoms with Crippen molar-refractivity contribution >= 4 is 10.0 Å². The second-order valence-electron chi connectivity index (χ2n) is 5.55. The maximum absolute atomic E-state index is 12.8. The molecule has 0 bridgehead atoms. The Morgan fingerprint density at radius 2 is 2.22 bits per heavy atom. The van der Waals surface area contributed by atoms with Crippen molar-refractivity contribution in [1.29, 1.82) is 0 Å². The first-order chi connectivity index (χ1) is 11.0. The Bertz CT molecular complexity index is 774. The molecule has 1 saturated heterocycles. The van der Waals surface area contributed by atoms with Crippen LogP contribution in [0.15, 0.2) is 35.5 Å². The van der Waals surface area contributed by atoms with E-state index in [0.717, 1.165) is 12.0 Å². The molecule has 1 fully saturated rings. The van der Waals surface area contributed by atoms with Gasteiger partial charge in [-0.25, -0.2) is 13.1 Å².